The summed E-state index contributed by atoms with van der Waals surface area (Å²) in [5.74, 6) is 3.84. The first-order valence-corrected chi connectivity index (χ1v) is 10.6. The summed E-state index contributed by atoms with van der Waals surface area (Å²) in [4.78, 5) is 44.0. The minimum Gasteiger partial charge on any atom is -0.372 e. The van der Waals surface area contributed by atoms with E-state index in [2.05, 4.69) is 27.5 Å². The SMILES string of the molecule is C[C@@H]1CN2c3cc(F)c(C#Cc4cccnc4)cc3CC3(C(=O)NC(=O)NC3=O)[C@H]2[C@H](C)O1. The summed E-state index contributed by atoms with van der Waals surface area (Å²) < 4.78 is 21.0. The Morgan fingerprint density at radius 2 is 1.94 bits per heavy atom. The van der Waals surface area contributed by atoms with Gasteiger partial charge in [-0.25, -0.2) is 9.18 Å². The molecule has 3 aliphatic rings. The second-order valence-corrected chi connectivity index (χ2v) is 8.59. The minimum atomic E-state index is -1.60. The first-order chi connectivity index (χ1) is 15.8. The molecule has 8 nitrogen and oxygen atoms in total. The molecule has 0 bridgehead atoms. The molecular weight excluding hydrogens is 427 g/mol. The van der Waals surface area contributed by atoms with Crippen molar-refractivity contribution in [2.24, 2.45) is 5.41 Å². The topological polar surface area (TPSA) is 101 Å². The summed E-state index contributed by atoms with van der Waals surface area (Å²) in [6, 6.07) is 4.92. The van der Waals surface area contributed by atoms with Crippen molar-refractivity contribution in [3.05, 3.63) is 59.2 Å². The van der Waals surface area contributed by atoms with E-state index >= 15 is 4.39 Å². The number of hydrogen-bond acceptors (Lipinski definition) is 6. The van der Waals surface area contributed by atoms with Gasteiger partial charge in [-0.15, -0.1) is 0 Å². The lowest BCUT2D eigenvalue weighted by Gasteiger charge is -2.55. The number of carbonyl (C=O) groups is 3. The number of pyridine rings is 1. The molecule has 2 saturated heterocycles. The summed E-state index contributed by atoms with van der Waals surface area (Å²) in [5, 5.41) is 4.47. The van der Waals surface area contributed by atoms with Crippen LogP contribution in [0.1, 0.15) is 30.5 Å². The second kappa shape index (κ2) is 7.67. The Morgan fingerprint density at radius 1 is 1.18 bits per heavy atom. The Balaban J connectivity index is 1.65. The molecule has 0 saturated carbocycles. The van der Waals surface area contributed by atoms with Gasteiger partial charge in [0.15, 0.2) is 5.41 Å². The number of morpholine rings is 1. The molecule has 1 aromatic heterocycles. The first kappa shape index (κ1) is 21.1. The van der Waals surface area contributed by atoms with Crippen LogP contribution >= 0.6 is 0 Å². The maximum absolute atomic E-state index is 15.1. The Labute approximate surface area is 189 Å². The van der Waals surface area contributed by atoms with Gasteiger partial charge in [-0.2, -0.15) is 0 Å². The summed E-state index contributed by atoms with van der Waals surface area (Å²) in [7, 11) is 0. The summed E-state index contributed by atoms with van der Waals surface area (Å²) in [6.45, 7) is 4.02. The normalized spacial score (nSPS) is 25.4. The van der Waals surface area contributed by atoms with E-state index in [1.807, 2.05) is 11.8 Å². The van der Waals surface area contributed by atoms with Gasteiger partial charge in [0.1, 0.15) is 5.82 Å². The minimum absolute atomic E-state index is 0.0155. The zero-order valence-corrected chi connectivity index (χ0v) is 18.0. The molecule has 0 aliphatic carbocycles. The molecule has 2 N–H and O–H groups in total. The number of aromatic nitrogens is 1. The predicted octanol–water partition coefficient (Wildman–Crippen LogP) is 1.51. The van der Waals surface area contributed by atoms with Crippen LogP contribution in [0.15, 0.2) is 36.7 Å². The Kier molecular flexibility index (Phi) is 4.91. The van der Waals surface area contributed by atoms with Gasteiger partial charge in [-0.05, 0) is 50.1 Å². The highest BCUT2D eigenvalue weighted by Gasteiger charge is 2.62. The summed E-state index contributed by atoms with van der Waals surface area (Å²) >= 11 is 0. The average molecular weight is 448 g/mol. The number of hydrogen-bond donors (Lipinski definition) is 2. The Hall–Kier alpha value is -3.77. The van der Waals surface area contributed by atoms with E-state index in [0.29, 0.717) is 23.4 Å². The van der Waals surface area contributed by atoms with Crippen molar-refractivity contribution < 1.29 is 23.5 Å². The molecule has 0 unspecified atom stereocenters. The molecule has 9 heteroatoms. The summed E-state index contributed by atoms with van der Waals surface area (Å²) in [6.07, 6.45) is 2.46. The Bertz CT molecular complexity index is 1220. The average Bonchev–Trinajstić information content (AvgIpc) is 2.76. The van der Waals surface area contributed by atoms with E-state index in [4.69, 9.17) is 4.74 Å². The molecule has 3 atom stereocenters. The van der Waals surface area contributed by atoms with Crippen molar-refractivity contribution in [2.45, 2.75) is 38.5 Å². The fourth-order valence-corrected chi connectivity index (χ4v) is 5.13. The maximum Gasteiger partial charge on any atom is 0.328 e. The molecule has 2 aromatic rings. The zero-order chi connectivity index (χ0) is 23.3. The van der Waals surface area contributed by atoms with Crippen LogP contribution in [0.5, 0.6) is 0 Å². The molecule has 33 heavy (non-hydrogen) atoms. The number of rotatable bonds is 0. The molecule has 1 aromatic carbocycles. The number of benzene rings is 1. The van der Waals surface area contributed by atoms with Gasteiger partial charge < -0.3 is 9.64 Å². The lowest BCUT2D eigenvalue weighted by Crippen LogP contribution is -2.75. The van der Waals surface area contributed by atoms with E-state index in [0.717, 1.165) is 0 Å². The van der Waals surface area contributed by atoms with Gasteiger partial charge in [0.2, 0.25) is 11.8 Å². The number of ether oxygens (including phenoxy) is 1. The van der Waals surface area contributed by atoms with Gasteiger partial charge >= 0.3 is 6.03 Å². The van der Waals surface area contributed by atoms with Crippen molar-refractivity contribution in [3.8, 4) is 11.8 Å². The van der Waals surface area contributed by atoms with Gasteiger partial charge in [0, 0.05) is 30.2 Å². The monoisotopic (exact) mass is 448 g/mol. The number of urea groups is 1. The number of amides is 4. The maximum atomic E-state index is 15.1. The van der Waals surface area contributed by atoms with Crippen LogP contribution in [0.25, 0.3) is 0 Å². The van der Waals surface area contributed by atoms with Crippen LogP contribution < -0.4 is 15.5 Å². The van der Waals surface area contributed by atoms with Crippen LogP contribution in [0.4, 0.5) is 14.9 Å². The van der Waals surface area contributed by atoms with Gasteiger partial charge in [-0.1, -0.05) is 11.8 Å². The second-order valence-electron chi connectivity index (χ2n) is 8.59. The number of barbiturate groups is 1. The highest BCUT2D eigenvalue weighted by molar-refractivity contribution is 6.20. The molecule has 1 spiro atoms. The largest absolute Gasteiger partial charge is 0.372 e. The van der Waals surface area contributed by atoms with E-state index in [9.17, 15) is 14.4 Å². The van der Waals surface area contributed by atoms with Gasteiger partial charge in [0.25, 0.3) is 0 Å². The van der Waals surface area contributed by atoms with Gasteiger partial charge in [0.05, 0.1) is 23.8 Å². The fourth-order valence-electron chi connectivity index (χ4n) is 5.13. The smallest absolute Gasteiger partial charge is 0.328 e. The van der Waals surface area contributed by atoms with Crippen molar-refractivity contribution in [1.29, 1.82) is 0 Å². The number of anilines is 1. The quantitative estimate of drug-likeness (QED) is 0.468. The number of halogens is 1. The highest BCUT2D eigenvalue weighted by Crippen LogP contribution is 2.47. The molecule has 4 amide bonds. The molecule has 168 valence electrons. The number of imide groups is 2. The van der Waals surface area contributed by atoms with Crippen molar-refractivity contribution in [3.63, 3.8) is 0 Å². The van der Waals surface area contributed by atoms with Crippen LogP contribution in [-0.4, -0.2) is 47.6 Å². The van der Waals surface area contributed by atoms with E-state index in [-0.39, 0.29) is 18.1 Å². The third-order valence-corrected chi connectivity index (χ3v) is 6.40. The fraction of sp³-hybridized carbons (Fsp3) is 0.333. The molecule has 0 radical (unpaired) electrons. The number of nitrogens with zero attached hydrogens (tertiary/aromatic N) is 2. The lowest BCUT2D eigenvalue weighted by molar-refractivity contribution is -0.153. The third-order valence-electron chi connectivity index (χ3n) is 6.40. The number of nitrogens with one attached hydrogen (secondary N) is 2. The molecule has 5 rings (SSSR count). The van der Waals surface area contributed by atoms with Crippen molar-refractivity contribution in [1.82, 2.24) is 15.6 Å². The van der Waals surface area contributed by atoms with Crippen LogP contribution in [-0.2, 0) is 20.7 Å². The third kappa shape index (κ3) is 3.34. The van der Waals surface area contributed by atoms with Crippen LogP contribution in [0.2, 0.25) is 0 Å². The molecular formula is C24H21FN4O4. The number of carbonyl (C=O) groups excluding carboxylic acids is 3. The van der Waals surface area contributed by atoms with Gasteiger partial charge in [-0.3, -0.25) is 25.2 Å². The number of fused-ring (bicyclic) bond motifs is 4. The molecule has 3 aliphatic heterocycles. The van der Waals surface area contributed by atoms with Crippen molar-refractivity contribution in [2.75, 3.05) is 11.4 Å². The standard InChI is InChI=1S/C24H21FN4O4/c1-13-12-29-19-9-18(25)16(6-5-15-4-3-7-26-11-15)8-17(19)10-24(20(29)14(2)33-13)21(30)27-23(32)28-22(24)31/h3-4,7-9,11,13-14,20H,10,12H2,1-2H3,(H2,27,28,30,31,32)/t13-,14+,20-/m1/s1. The zero-order valence-electron chi connectivity index (χ0n) is 18.0. The van der Waals surface area contributed by atoms with Crippen LogP contribution in [0.3, 0.4) is 0 Å². The molecule has 4 heterocycles. The van der Waals surface area contributed by atoms with Crippen molar-refractivity contribution >= 4 is 23.5 Å². The van der Waals surface area contributed by atoms with Crippen LogP contribution in [0, 0.1) is 23.1 Å². The molecule has 2 fully saturated rings. The van der Waals surface area contributed by atoms with E-state index in [1.54, 1.807) is 37.5 Å². The predicted molar refractivity (Wildman–Crippen MR) is 116 cm³/mol. The first-order valence-electron chi connectivity index (χ1n) is 10.6. The van der Waals surface area contributed by atoms with E-state index in [1.165, 1.54) is 6.07 Å². The summed E-state index contributed by atoms with van der Waals surface area (Å²) in [5.41, 5.74) is 0.366. The lowest BCUT2D eigenvalue weighted by atomic mass is 9.66. The highest BCUT2D eigenvalue weighted by atomic mass is 19.1. The Morgan fingerprint density at radius 3 is 2.64 bits per heavy atom. The van der Waals surface area contributed by atoms with E-state index < -0.39 is 41.2 Å².